The van der Waals surface area contributed by atoms with Crippen LogP contribution in [0.25, 0.3) is 0 Å². The van der Waals surface area contributed by atoms with E-state index < -0.39 is 0 Å². The Hall–Kier alpha value is -2.60. The SMILES string of the molecule is C=CC(C#Cc1cccc(F)c1)=CC=C(C(=O)NC(C)C(C)(C)C)C(C)CC. The van der Waals surface area contributed by atoms with Crippen molar-refractivity contribution in [1.29, 1.82) is 0 Å². The maximum atomic E-state index is 13.3. The molecular formula is C25H32FNO. The molecule has 1 aromatic rings. The van der Waals surface area contributed by atoms with E-state index in [4.69, 9.17) is 0 Å². The molecule has 0 bridgehead atoms. The van der Waals surface area contributed by atoms with Gasteiger partial charge in [0.05, 0.1) is 0 Å². The topological polar surface area (TPSA) is 29.1 Å². The van der Waals surface area contributed by atoms with Crippen LogP contribution in [0.5, 0.6) is 0 Å². The fraction of sp³-hybridized carbons (Fsp3) is 0.400. The van der Waals surface area contributed by atoms with Crippen LogP contribution in [0.2, 0.25) is 0 Å². The van der Waals surface area contributed by atoms with Crippen molar-refractivity contribution in [3.8, 4) is 11.8 Å². The molecule has 0 saturated heterocycles. The maximum absolute atomic E-state index is 13.3. The number of hydrogen-bond donors (Lipinski definition) is 1. The highest BCUT2D eigenvalue weighted by Gasteiger charge is 2.24. The van der Waals surface area contributed by atoms with Crippen molar-refractivity contribution in [3.63, 3.8) is 0 Å². The van der Waals surface area contributed by atoms with Gasteiger partial charge in [0.2, 0.25) is 5.91 Å². The Balaban J connectivity index is 3.12. The molecule has 1 rings (SSSR count). The largest absolute Gasteiger partial charge is 0.349 e. The highest BCUT2D eigenvalue weighted by atomic mass is 19.1. The van der Waals surface area contributed by atoms with Crippen molar-refractivity contribution < 1.29 is 9.18 Å². The number of allylic oxidation sites excluding steroid dienone is 4. The molecular weight excluding hydrogens is 349 g/mol. The van der Waals surface area contributed by atoms with Crippen LogP contribution < -0.4 is 5.32 Å². The fourth-order valence-corrected chi connectivity index (χ4v) is 2.23. The minimum Gasteiger partial charge on any atom is -0.349 e. The van der Waals surface area contributed by atoms with Gasteiger partial charge in [0.15, 0.2) is 0 Å². The minimum atomic E-state index is -0.320. The zero-order chi connectivity index (χ0) is 21.3. The summed E-state index contributed by atoms with van der Waals surface area (Å²) in [5, 5.41) is 3.10. The van der Waals surface area contributed by atoms with E-state index in [9.17, 15) is 9.18 Å². The van der Waals surface area contributed by atoms with E-state index in [0.717, 1.165) is 6.42 Å². The summed E-state index contributed by atoms with van der Waals surface area (Å²) in [6.45, 7) is 16.2. The molecule has 0 aliphatic carbocycles. The summed E-state index contributed by atoms with van der Waals surface area (Å²) in [7, 11) is 0. The highest BCUT2D eigenvalue weighted by Crippen LogP contribution is 2.21. The van der Waals surface area contributed by atoms with Crippen molar-refractivity contribution in [3.05, 3.63) is 71.6 Å². The maximum Gasteiger partial charge on any atom is 0.247 e. The van der Waals surface area contributed by atoms with Gasteiger partial charge in [-0.1, -0.05) is 71.3 Å². The first-order valence-corrected chi connectivity index (χ1v) is 9.71. The molecule has 2 unspecified atom stereocenters. The number of halogens is 1. The number of rotatable bonds is 6. The second-order valence-corrected chi connectivity index (χ2v) is 8.08. The lowest BCUT2D eigenvalue weighted by Crippen LogP contribution is -2.42. The molecule has 1 aromatic carbocycles. The summed E-state index contributed by atoms with van der Waals surface area (Å²) in [6.07, 6.45) is 6.10. The molecule has 2 nitrogen and oxygen atoms in total. The summed E-state index contributed by atoms with van der Waals surface area (Å²) in [5.74, 6) is 5.64. The summed E-state index contributed by atoms with van der Waals surface area (Å²) in [6, 6.07) is 6.18. The van der Waals surface area contributed by atoms with E-state index in [2.05, 4.69) is 51.4 Å². The first-order valence-electron chi connectivity index (χ1n) is 9.71. The molecule has 2 atom stereocenters. The highest BCUT2D eigenvalue weighted by molar-refractivity contribution is 5.94. The van der Waals surface area contributed by atoms with E-state index in [1.54, 1.807) is 24.3 Å². The first-order chi connectivity index (χ1) is 13.1. The van der Waals surface area contributed by atoms with Crippen LogP contribution in [0.15, 0.2) is 60.2 Å². The van der Waals surface area contributed by atoms with E-state index in [0.29, 0.717) is 16.7 Å². The van der Waals surface area contributed by atoms with Gasteiger partial charge in [-0.3, -0.25) is 4.79 Å². The van der Waals surface area contributed by atoms with Gasteiger partial charge in [-0.05, 0) is 49.0 Å². The van der Waals surface area contributed by atoms with Crippen molar-refractivity contribution in [2.75, 3.05) is 0 Å². The van der Waals surface area contributed by atoms with Gasteiger partial charge in [-0.15, -0.1) is 0 Å². The normalized spacial score (nSPS) is 14.5. The Bertz CT molecular complexity index is 815. The lowest BCUT2D eigenvalue weighted by Gasteiger charge is -2.29. The minimum absolute atomic E-state index is 0.0191. The third-order valence-corrected chi connectivity index (χ3v) is 4.89. The predicted octanol–water partition coefficient (Wildman–Crippen LogP) is 5.81. The molecule has 0 radical (unpaired) electrons. The van der Waals surface area contributed by atoms with Crippen molar-refractivity contribution in [2.24, 2.45) is 11.3 Å². The van der Waals surface area contributed by atoms with Crippen LogP contribution in [0, 0.1) is 29.0 Å². The Morgan fingerprint density at radius 1 is 1.29 bits per heavy atom. The molecule has 150 valence electrons. The van der Waals surface area contributed by atoms with E-state index >= 15 is 0 Å². The molecule has 0 aromatic heterocycles. The molecule has 0 aliphatic rings. The summed E-state index contributed by atoms with van der Waals surface area (Å²) in [5.41, 5.74) is 1.96. The Labute approximate surface area is 169 Å². The van der Waals surface area contributed by atoms with Gasteiger partial charge in [-0.2, -0.15) is 0 Å². The molecule has 1 amide bonds. The number of benzene rings is 1. The number of carbonyl (C=O) groups excluding carboxylic acids is 1. The number of amides is 1. The molecule has 0 saturated carbocycles. The molecule has 28 heavy (non-hydrogen) atoms. The van der Waals surface area contributed by atoms with Gasteiger partial charge in [0.25, 0.3) is 0 Å². The molecule has 3 heteroatoms. The summed E-state index contributed by atoms with van der Waals surface area (Å²) < 4.78 is 13.3. The van der Waals surface area contributed by atoms with Crippen molar-refractivity contribution in [1.82, 2.24) is 5.32 Å². The van der Waals surface area contributed by atoms with Gasteiger partial charge in [0.1, 0.15) is 5.82 Å². The zero-order valence-electron chi connectivity index (χ0n) is 17.9. The molecule has 0 spiro atoms. The van der Waals surface area contributed by atoms with Gasteiger partial charge < -0.3 is 5.32 Å². The second kappa shape index (κ2) is 10.7. The average molecular weight is 382 g/mol. The van der Waals surface area contributed by atoms with Crippen molar-refractivity contribution >= 4 is 5.91 Å². The summed E-state index contributed by atoms with van der Waals surface area (Å²) >= 11 is 0. The van der Waals surface area contributed by atoms with Gasteiger partial charge >= 0.3 is 0 Å². The van der Waals surface area contributed by atoms with Crippen molar-refractivity contribution in [2.45, 2.75) is 54.0 Å². The van der Waals surface area contributed by atoms with Crippen LogP contribution in [0.1, 0.15) is 53.5 Å². The van der Waals surface area contributed by atoms with Gasteiger partial charge in [-0.25, -0.2) is 4.39 Å². The average Bonchev–Trinajstić information content (AvgIpc) is 2.63. The third kappa shape index (κ3) is 7.56. The fourth-order valence-electron chi connectivity index (χ4n) is 2.23. The van der Waals surface area contributed by atoms with Crippen LogP contribution in [0.4, 0.5) is 4.39 Å². The van der Waals surface area contributed by atoms with Crippen LogP contribution >= 0.6 is 0 Å². The molecule has 0 heterocycles. The van der Waals surface area contributed by atoms with E-state index in [1.165, 1.54) is 12.1 Å². The monoisotopic (exact) mass is 381 g/mol. The predicted molar refractivity (Wildman–Crippen MR) is 116 cm³/mol. The molecule has 0 fully saturated rings. The second-order valence-electron chi connectivity index (χ2n) is 8.08. The van der Waals surface area contributed by atoms with E-state index in [1.807, 2.05) is 19.9 Å². The molecule has 0 aliphatic heterocycles. The number of carbonyl (C=O) groups is 1. The van der Waals surface area contributed by atoms with Gasteiger partial charge in [0, 0.05) is 22.8 Å². The molecule has 1 N–H and O–H groups in total. The lowest BCUT2D eigenvalue weighted by molar-refractivity contribution is -0.119. The smallest absolute Gasteiger partial charge is 0.247 e. The Morgan fingerprint density at radius 2 is 1.96 bits per heavy atom. The number of nitrogens with one attached hydrogen (secondary N) is 1. The quantitative estimate of drug-likeness (QED) is 0.376. The standard InChI is InChI=1S/C25H32FNO/c1-8-18(3)23(24(28)27-19(4)25(5,6)7)16-15-20(9-2)13-14-21-11-10-12-22(26)17-21/h9-12,15-19H,2,8H2,1,3-7H3,(H,27,28). The Kier molecular flexibility index (Phi) is 8.92. The summed E-state index contributed by atoms with van der Waals surface area (Å²) in [4.78, 5) is 12.8. The van der Waals surface area contributed by atoms with Crippen LogP contribution in [-0.2, 0) is 4.79 Å². The zero-order valence-corrected chi connectivity index (χ0v) is 17.9. The first kappa shape index (κ1) is 23.4. The van der Waals surface area contributed by atoms with E-state index in [-0.39, 0.29) is 29.1 Å². The van der Waals surface area contributed by atoms with Crippen LogP contribution in [-0.4, -0.2) is 11.9 Å². The van der Waals surface area contributed by atoms with Crippen LogP contribution in [0.3, 0.4) is 0 Å². The number of hydrogen-bond acceptors (Lipinski definition) is 1. The lowest BCUT2D eigenvalue weighted by atomic mass is 9.87. The third-order valence-electron chi connectivity index (χ3n) is 4.89. The Morgan fingerprint density at radius 3 is 2.50 bits per heavy atom.